The minimum Gasteiger partial charge on any atom is -0.452 e. The second-order valence-corrected chi connectivity index (χ2v) is 8.37. The number of halogens is 1. The normalized spacial score (nSPS) is 12.8. The molecule has 2 aromatic rings. The van der Waals surface area contributed by atoms with Crippen LogP contribution in [0.3, 0.4) is 0 Å². The van der Waals surface area contributed by atoms with E-state index >= 15 is 0 Å². The first-order valence-electron chi connectivity index (χ1n) is 10.6. The molecule has 7 nitrogen and oxygen atoms in total. The maximum atomic E-state index is 14.2. The van der Waals surface area contributed by atoms with Gasteiger partial charge in [0.15, 0.2) is 6.61 Å². The molecular formula is C24H24FN3O4S. The molecule has 33 heavy (non-hydrogen) atoms. The minimum absolute atomic E-state index is 0.00145. The van der Waals surface area contributed by atoms with Gasteiger partial charge in [-0.05, 0) is 37.1 Å². The van der Waals surface area contributed by atoms with Gasteiger partial charge in [-0.15, -0.1) is 11.8 Å². The highest BCUT2D eigenvalue weighted by Crippen LogP contribution is 2.25. The highest BCUT2D eigenvalue weighted by molar-refractivity contribution is 8.00. The lowest BCUT2D eigenvalue weighted by Crippen LogP contribution is -2.36. The summed E-state index contributed by atoms with van der Waals surface area (Å²) in [6, 6.07) is 14.4. The predicted molar refractivity (Wildman–Crippen MR) is 122 cm³/mol. The number of carbonyl (C=O) groups is 3. The number of esters is 1. The topological polar surface area (TPSA) is 90.7 Å². The molecule has 1 saturated heterocycles. The third-order valence-corrected chi connectivity index (χ3v) is 6.19. The van der Waals surface area contributed by atoms with Gasteiger partial charge >= 0.3 is 5.97 Å². The van der Waals surface area contributed by atoms with Crippen LogP contribution in [0.25, 0.3) is 0 Å². The van der Waals surface area contributed by atoms with Gasteiger partial charge in [0.25, 0.3) is 5.91 Å². The van der Waals surface area contributed by atoms with Crippen LogP contribution in [0.2, 0.25) is 0 Å². The molecule has 172 valence electrons. The molecule has 3 rings (SSSR count). The van der Waals surface area contributed by atoms with E-state index < -0.39 is 24.3 Å². The third kappa shape index (κ3) is 6.56. The Kier molecular flexibility index (Phi) is 8.84. The third-order valence-electron chi connectivity index (χ3n) is 5.14. The number of amides is 2. The Hall–Kier alpha value is -3.38. The zero-order valence-electron chi connectivity index (χ0n) is 18.0. The van der Waals surface area contributed by atoms with Gasteiger partial charge < -0.3 is 14.5 Å². The van der Waals surface area contributed by atoms with Gasteiger partial charge in [0.1, 0.15) is 5.82 Å². The second kappa shape index (κ2) is 12.0. The molecule has 0 unspecified atom stereocenters. The SMILES string of the molecule is N#CCCN(C(=O)COC(=O)c1ccccc1SCC(=O)N1CCCC1)c1ccccc1F. The van der Waals surface area contributed by atoms with Crippen LogP contribution < -0.4 is 4.90 Å². The summed E-state index contributed by atoms with van der Waals surface area (Å²) in [6.07, 6.45) is 2.01. The lowest BCUT2D eigenvalue weighted by Gasteiger charge is -2.22. The average Bonchev–Trinajstić information content (AvgIpc) is 3.37. The van der Waals surface area contributed by atoms with Crippen LogP contribution in [-0.2, 0) is 14.3 Å². The fourth-order valence-corrected chi connectivity index (χ4v) is 4.40. The number of likely N-dealkylation sites (tertiary alicyclic amines) is 1. The first kappa shape index (κ1) is 24.3. The van der Waals surface area contributed by atoms with E-state index in [1.807, 2.05) is 11.0 Å². The summed E-state index contributed by atoms with van der Waals surface area (Å²) in [6.45, 7) is 0.883. The van der Waals surface area contributed by atoms with Crippen molar-refractivity contribution in [2.75, 3.05) is 36.9 Å². The van der Waals surface area contributed by atoms with E-state index in [-0.39, 0.29) is 35.9 Å². The largest absolute Gasteiger partial charge is 0.452 e. The maximum Gasteiger partial charge on any atom is 0.339 e. The number of hydrogen-bond acceptors (Lipinski definition) is 6. The summed E-state index contributed by atoms with van der Waals surface area (Å²) in [5.74, 6) is -1.74. The van der Waals surface area contributed by atoms with Crippen molar-refractivity contribution in [3.05, 3.63) is 59.9 Å². The maximum absolute atomic E-state index is 14.2. The quantitative estimate of drug-likeness (QED) is 0.411. The molecule has 0 radical (unpaired) electrons. The van der Waals surface area contributed by atoms with Crippen LogP contribution in [0.4, 0.5) is 10.1 Å². The molecule has 2 aromatic carbocycles. The number of para-hydroxylation sites is 1. The standard InChI is InChI=1S/C24H24FN3O4S/c25-19-9-2-3-10-20(19)28(15-7-12-26)22(29)16-32-24(31)18-8-1-4-11-21(18)33-17-23(30)27-13-5-6-14-27/h1-4,8-11H,5-7,13-17H2. The Labute approximate surface area is 196 Å². The van der Waals surface area contributed by atoms with Gasteiger partial charge in [-0.2, -0.15) is 5.26 Å². The summed E-state index contributed by atoms with van der Waals surface area (Å²) in [5, 5.41) is 8.87. The van der Waals surface area contributed by atoms with Crippen molar-refractivity contribution in [3.63, 3.8) is 0 Å². The van der Waals surface area contributed by atoms with Crippen LogP contribution in [0.5, 0.6) is 0 Å². The molecule has 1 heterocycles. The molecule has 0 saturated carbocycles. The van der Waals surface area contributed by atoms with E-state index in [4.69, 9.17) is 10.00 Å². The first-order chi connectivity index (χ1) is 16.0. The van der Waals surface area contributed by atoms with E-state index in [1.165, 1.54) is 30.0 Å². The number of hydrogen-bond donors (Lipinski definition) is 0. The highest BCUT2D eigenvalue weighted by Gasteiger charge is 2.22. The Morgan fingerprint density at radius 1 is 1.09 bits per heavy atom. The van der Waals surface area contributed by atoms with Gasteiger partial charge in [-0.3, -0.25) is 9.59 Å². The number of thioether (sulfide) groups is 1. The van der Waals surface area contributed by atoms with Gasteiger partial charge in [0.05, 0.1) is 29.5 Å². The number of benzene rings is 2. The van der Waals surface area contributed by atoms with Gasteiger partial charge in [0, 0.05) is 24.5 Å². The van der Waals surface area contributed by atoms with Crippen LogP contribution in [0, 0.1) is 17.1 Å². The number of carbonyl (C=O) groups excluding carboxylic acids is 3. The van der Waals surface area contributed by atoms with E-state index in [2.05, 4.69) is 0 Å². The molecule has 0 spiro atoms. The van der Waals surface area contributed by atoms with Crippen molar-refractivity contribution in [2.24, 2.45) is 0 Å². The van der Waals surface area contributed by atoms with E-state index in [0.717, 1.165) is 30.8 Å². The first-order valence-corrected chi connectivity index (χ1v) is 11.6. The molecule has 1 aliphatic rings. The monoisotopic (exact) mass is 469 g/mol. The average molecular weight is 470 g/mol. The summed E-state index contributed by atoms with van der Waals surface area (Å²) < 4.78 is 19.4. The van der Waals surface area contributed by atoms with Crippen LogP contribution >= 0.6 is 11.8 Å². The van der Waals surface area contributed by atoms with Crippen LogP contribution in [-0.4, -0.2) is 54.7 Å². The second-order valence-electron chi connectivity index (χ2n) is 7.35. The van der Waals surface area contributed by atoms with Crippen molar-refractivity contribution in [1.29, 1.82) is 5.26 Å². The van der Waals surface area contributed by atoms with E-state index in [1.54, 1.807) is 30.3 Å². The molecule has 1 fully saturated rings. The van der Waals surface area contributed by atoms with Crippen LogP contribution in [0.1, 0.15) is 29.6 Å². The predicted octanol–water partition coefficient (Wildman–Crippen LogP) is 3.64. The smallest absolute Gasteiger partial charge is 0.339 e. The number of rotatable bonds is 9. The fraction of sp³-hybridized carbons (Fsp3) is 0.333. The van der Waals surface area contributed by atoms with Gasteiger partial charge in [-0.1, -0.05) is 24.3 Å². The van der Waals surface area contributed by atoms with Crippen molar-refractivity contribution >= 4 is 35.2 Å². The van der Waals surface area contributed by atoms with Gasteiger partial charge in [-0.25, -0.2) is 9.18 Å². The Morgan fingerprint density at radius 2 is 1.79 bits per heavy atom. The zero-order chi connectivity index (χ0) is 23.6. The molecule has 0 N–H and O–H groups in total. The van der Waals surface area contributed by atoms with Crippen molar-refractivity contribution < 1.29 is 23.5 Å². The van der Waals surface area contributed by atoms with Crippen molar-refractivity contribution in [2.45, 2.75) is 24.2 Å². The lowest BCUT2D eigenvalue weighted by atomic mass is 10.2. The van der Waals surface area contributed by atoms with Crippen molar-refractivity contribution in [3.8, 4) is 6.07 Å². The highest BCUT2D eigenvalue weighted by atomic mass is 32.2. The number of nitrogens with zero attached hydrogens (tertiary/aromatic N) is 3. The van der Waals surface area contributed by atoms with Crippen molar-refractivity contribution in [1.82, 2.24) is 4.90 Å². The summed E-state index contributed by atoms with van der Waals surface area (Å²) in [4.78, 5) is 41.2. The Balaban J connectivity index is 1.63. The van der Waals surface area contributed by atoms with Crippen LogP contribution in [0.15, 0.2) is 53.4 Å². The molecule has 2 amide bonds. The molecule has 9 heteroatoms. The molecule has 0 atom stereocenters. The Bertz CT molecular complexity index is 1050. The van der Waals surface area contributed by atoms with Gasteiger partial charge in [0.2, 0.25) is 5.91 Å². The van der Waals surface area contributed by atoms with E-state index in [0.29, 0.717) is 4.90 Å². The summed E-state index contributed by atoms with van der Waals surface area (Å²) in [5.41, 5.74) is 0.268. The van der Waals surface area contributed by atoms with E-state index in [9.17, 15) is 18.8 Å². The number of anilines is 1. The minimum atomic E-state index is -0.714. The zero-order valence-corrected chi connectivity index (χ0v) is 18.9. The summed E-state index contributed by atoms with van der Waals surface area (Å²) >= 11 is 1.25. The Morgan fingerprint density at radius 3 is 2.52 bits per heavy atom. The number of ether oxygens (including phenoxy) is 1. The molecule has 1 aliphatic heterocycles. The lowest BCUT2D eigenvalue weighted by molar-refractivity contribution is -0.127. The fourth-order valence-electron chi connectivity index (χ4n) is 3.45. The molecule has 0 aliphatic carbocycles. The molecular weight excluding hydrogens is 445 g/mol. The summed E-state index contributed by atoms with van der Waals surface area (Å²) in [7, 11) is 0. The number of nitriles is 1. The molecule has 0 bridgehead atoms. The molecule has 0 aromatic heterocycles.